The van der Waals surface area contributed by atoms with Gasteiger partial charge in [0.1, 0.15) is 0 Å². The van der Waals surface area contributed by atoms with Crippen molar-refractivity contribution in [1.82, 2.24) is 4.72 Å². The molecule has 0 saturated carbocycles. The Hall–Kier alpha value is -0.580. The maximum absolute atomic E-state index is 10.5. The molecule has 0 atom stereocenters. The zero-order valence-electron chi connectivity index (χ0n) is 7.12. The lowest BCUT2D eigenvalue weighted by Gasteiger charge is -2.00. The predicted octanol–water partition coefficient (Wildman–Crippen LogP) is 1.57. The highest BCUT2D eigenvalue weighted by molar-refractivity contribution is 8.12. The summed E-state index contributed by atoms with van der Waals surface area (Å²) in [7, 11) is 1.37. The van der Waals surface area contributed by atoms with Crippen molar-refractivity contribution < 1.29 is 8.42 Å². The molecular formula is C8H10ClNO2S. The summed E-state index contributed by atoms with van der Waals surface area (Å²) >= 11 is 0. The molecule has 0 unspecified atom stereocenters. The van der Waals surface area contributed by atoms with Crippen molar-refractivity contribution in [3.8, 4) is 0 Å². The molecule has 72 valence electrons. The molecule has 13 heavy (non-hydrogen) atoms. The van der Waals surface area contributed by atoms with E-state index in [4.69, 9.17) is 10.7 Å². The molecular weight excluding hydrogens is 210 g/mol. The van der Waals surface area contributed by atoms with Crippen LogP contribution in [0.3, 0.4) is 0 Å². The van der Waals surface area contributed by atoms with E-state index in [1.807, 2.05) is 31.2 Å². The molecule has 1 aromatic carbocycles. The molecule has 0 saturated heterocycles. The molecule has 0 aliphatic carbocycles. The molecule has 0 heterocycles. The first-order valence-electron chi connectivity index (χ1n) is 3.72. The molecule has 0 spiro atoms. The van der Waals surface area contributed by atoms with Crippen LogP contribution in [0.2, 0.25) is 0 Å². The summed E-state index contributed by atoms with van der Waals surface area (Å²) in [5.74, 6) is 0. The first kappa shape index (κ1) is 10.5. The fraction of sp³-hybridized carbons (Fsp3) is 0.250. The van der Waals surface area contributed by atoms with Crippen LogP contribution in [0.4, 0.5) is 0 Å². The van der Waals surface area contributed by atoms with Gasteiger partial charge in [0.2, 0.25) is 0 Å². The van der Waals surface area contributed by atoms with Gasteiger partial charge in [-0.05, 0) is 12.5 Å². The highest BCUT2D eigenvalue weighted by Gasteiger charge is 2.02. The number of benzene rings is 1. The summed E-state index contributed by atoms with van der Waals surface area (Å²) in [6.07, 6.45) is 0. The summed E-state index contributed by atoms with van der Waals surface area (Å²) in [6.45, 7) is 2.20. The maximum atomic E-state index is 10.5. The van der Waals surface area contributed by atoms with Gasteiger partial charge in [0.15, 0.2) is 0 Å². The number of hydrogen-bond acceptors (Lipinski definition) is 2. The Labute approximate surface area is 82.3 Å². The van der Waals surface area contributed by atoms with Crippen LogP contribution in [0.5, 0.6) is 0 Å². The Kier molecular flexibility index (Phi) is 3.30. The first-order chi connectivity index (χ1) is 5.97. The topological polar surface area (TPSA) is 46.2 Å². The Morgan fingerprint density at radius 3 is 2.31 bits per heavy atom. The molecule has 0 aromatic heterocycles. The van der Waals surface area contributed by atoms with Crippen LogP contribution in [0, 0.1) is 6.92 Å². The second-order valence-electron chi connectivity index (χ2n) is 2.74. The molecule has 3 nitrogen and oxygen atoms in total. The largest absolute Gasteiger partial charge is 0.297 e. The van der Waals surface area contributed by atoms with Gasteiger partial charge in [0.05, 0.1) is 0 Å². The summed E-state index contributed by atoms with van der Waals surface area (Å²) in [6, 6.07) is 7.53. The van der Waals surface area contributed by atoms with Gasteiger partial charge in [0, 0.05) is 17.2 Å². The normalized spacial score (nSPS) is 11.5. The van der Waals surface area contributed by atoms with Gasteiger partial charge in [-0.25, -0.2) is 0 Å². The van der Waals surface area contributed by atoms with E-state index in [0.29, 0.717) is 0 Å². The average molecular weight is 220 g/mol. The first-order valence-corrected chi connectivity index (χ1v) is 6.03. The van der Waals surface area contributed by atoms with E-state index >= 15 is 0 Å². The maximum Gasteiger partial charge on any atom is 0.297 e. The fourth-order valence-electron chi connectivity index (χ4n) is 0.875. The summed E-state index contributed by atoms with van der Waals surface area (Å²) in [4.78, 5) is 0. The van der Waals surface area contributed by atoms with E-state index in [1.54, 1.807) is 0 Å². The Morgan fingerprint density at radius 2 is 1.85 bits per heavy atom. The number of rotatable bonds is 3. The van der Waals surface area contributed by atoms with Crippen molar-refractivity contribution in [3.63, 3.8) is 0 Å². The summed E-state index contributed by atoms with van der Waals surface area (Å²) in [5.41, 5.74) is 2.02. The van der Waals surface area contributed by atoms with Gasteiger partial charge in [-0.2, -0.15) is 13.1 Å². The number of hydrogen-bond donors (Lipinski definition) is 1. The monoisotopic (exact) mass is 219 g/mol. The Bertz CT molecular complexity index is 372. The van der Waals surface area contributed by atoms with Gasteiger partial charge >= 0.3 is 0 Å². The highest BCUT2D eigenvalue weighted by Crippen LogP contribution is 2.03. The predicted molar refractivity (Wildman–Crippen MR) is 52.8 cm³/mol. The van der Waals surface area contributed by atoms with Crippen molar-refractivity contribution >= 4 is 19.9 Å². The van der Waals surface area contributed by atoms with Crippen LogP contribution < -0.4 is 4.72 Å². The fourth-order valence-corrected chi connectivity index (χ4v) is 1.38. The molecule has 1 aromatic rings. The third kappa shape index (κ3) is 4.26. The van der Waals surface area contributed by atoms with Crippen LogP contribution in [0.25, 0.3) is 0 Å². The second kappa shape index (κ2) is 4.09. The van der Waals surface area contributed by atoms with Crippen LogP contribution >= 0.6 is 10.7 Å². The van der Waals surface area contributed by atoms with Gasteiger partial charge < -0.3 is 0 Å². The van der Waals surface area contributed by atoms with Crippen LogP contribution in [0.15, 0.2) is 24.3 Å². The molecule has 0 bridgehead atoms. The van der Waals surface area contributed by atoms with Crippen molar-refractivity contribution in [1.29, 1.82) is 0 Å². The van der Waals surface area contributed by atoms with Crippen molar-refractivity contribution in [3.05, 3.63) is 35.4 Å². The molecule has 0 amide bonds. The number of halogens is 1. The molecule has 0 radical (unpaired) electrons. The third-order valence-corrected chi connectivity index (χ3v) is 2.39. The van der Waals surface area contributed by atoms with E-state index in [0.717, 1.165) is 11.1 Å². The molecule has 0 fully saturated rings. The Morgan fingerprint density at radius 1 is 1.31 bits per heavy atom. The number of nitrogens with one attached hydrogen (secondary N) is 1. The lowest BCUT2D eigenvalue weighted by molar-refractivity contribution is 0.596. The Balaban J connectivity index is 2.61. The van der Waals surface area contributed by atoms with Crippen molar-refractivity contribution in [2.45, 2.75) is 13.5 Å². The van der Waals surface area contributed by atoms with E-state index in [2.05, 4.69) is 4.72 Å². The van der Waals surface area contributed by atoms with Crippen LogP contribution in [-0.2, 0) is 15.8 Å². The third-order valence-electron chi connectivity index (χ3n) is 1.57. The average Bonchev–Trinajstić information content (AvgIpc) is 2.02. The minimum absolute atomic E-state index is 0.228. The van der Waals surface area contributed by atoms with E-state index in [9.17, 15) is 8.42 Å². The van der Waals surface area contributed by atoms with E-state index in [-0.39, 0.29) is 6.54 Å². The lowest BCUT2D eigenvalue weighted by Crippen LogP contribution is -2.17. The minimum Gasteiger partial charge on any atom is -0.198 e. The SMILES string of the molecule is Cc1ccc(CNS(=O)(=O)Cl)cc1. The molecule has 0 aliphatic heterocycles. The molecule has 5 heteroatoms. The lowest BCUT2D eigenvalue weighted by atomic mass is 10.2. The smallest absolute Gasteiger partial charge is 0.198 e. The van der Waals surface area contributed by atoms with E-state index < -0.39 is 9.24 Å². The zero-order chi connectivity index (χ0) is 9.90. The van der Waals surface area contributed by atoms with Gasteiger partial charge in [0.25, 0.3) is 9.24 Å². The highest BCUT2D eigenvalue weighted by atomic mass is 35.7. The molecule has 1 N–H and O–H groups in total. The minimum atomic E-state index is -3.61. The van der Waals surface area contributed by atoms with Gasteiger partial charge in [-0.15, -0.1) is 0 Å². The second-order valence-corrected chi connectivity index (χ2v) is 5.13. The molecule has 0 aliphatic rings. The number of aryl methyl sites for hydroxylation is 1. The van der Waals surface area contributed by atoms with Gasteiger partial charge in [-0.1, -0.05) is 29.8 Å². The van der Waals surface area contributed by atoms with Crippen molar-refractivity contribution in [2.24, 2.45) is 0 Å². The van der Waals surface area contributed by atoms with Crippen molar-refractivity contribution in [2.75, 3.05) is 0 Å². The summed E-state index contributed by atoms with van der Waals surface area (Å²) < 4.78 is 23.2. The van der Waals surface area contributed by atoms with Crippen LogP contribution in [0.1, 0.15) is 11.1 Å². The quantitative estimate of drug-likeness (QED) is 0.785. The van der Waals surface area contributed by atoms with Crippen LogP contribution in [-0.4, -0.2) is 8.42 Å². The van der Waals surface area contributed by atoms with Gasteiger partial charge in [-0.3, -0.25) is 0 Å². The van der Waals surface area contributed by atoms with E-state index in [1.165, 1.54) is 0 Å². The summed E-state index contributed by atoms with van der Waals surface area (Å²) in [5, 5.41) is 0. The molecule has 1 rings (SSSR count). The zero-order valence-corrected chi connectivity index (χ0v) is 8.69. The standard InChI is InChI=1S/C8H10ClNO2S/c1-7-2-4-8(5-3-7)6-10-13(9,11)12/h2-5,10H,6H2,1H3.